The first-order valence-corrected chi connectivity index (χ1v) is 10.2. The Bertz CT molecular complexity index is 898. The summed E-state index contributed by atoms with van der Waals surface area (Å²) in [6.07, 6.45) is 0.0212. The minimum atomic E-state index is -0.562. The summed E-state index contributed by atoms with van der Waals surface area (Å²) in [6.45, 7) is 7.52. The van der Waals surface area contributed by atoms with Crippen molar-refractivity contribution in [1.82, 2.24) is 4.90 Å². The normalized spacial score (nSPS) is 17.8. The Kier molecular flexibility index (Phi) is 5.74. The summed E-state index contributed by atoms with van der Waals surface area (Å²) in [5.74, 6) is 0.829. The van der Waals surface area contributed by atoms with Gasteiger partial charge in [0, 0.05) is 19.6 Å². The molecule has 4 rings (SSSR count). The third-order valence-corrected chi connectivity index (χ3v) is 5.62. The SMILES string of the molecule is Cc1ccc(C)c(OCC(O)CN2CCc3c(cccc3N3CCOC3=O)C2)c1. The molecule has 2 aliphatic rings. The lowest BCUT2D eigenvalue weighted by Crippen LogP contribution is -2.39. The summed E-state index contributed by atoms with van der Waals surface area (Å²) >= 11 is 0. The molecule has 0 spiro atoms. The maximum absolute atomic E-state index is 12.0. The van der Waals surface area contributed by atoms with E-state index < -0.39 is 6.10 Å². The number of anilines is 1. The van der Waals surface area contributed by atoms with Crippen molar-refractivity contribution in [3.8, 4) is 5.75 Å². The van der Waals surface area contributed by atoms with Crippen LogP contribution in [0.15, 0.2) is 36.4 Å². The van der Waals surface area contributed by atoms with Crippen molar-refractivity contribution >= 4 is 11.8 Å². The van der Waals surface area contributed by atoms with Gasteiger partial charge in [0.2, 0.25) is 0 Å². The van der Waals surface area contributed by atoms with Crippen LogP contribution in [0.3, 0.4) is 0 Å². The quantitative estimate of drug-likeness (QED) is 0.813. The Morgan fingerprint density at radius 1 is 1.21 bits per heavy atom. The average molecular weight is 396 g/mol. The van der Waals surface area contributed by atoms with Gasteiger partial charge in [0.15, 0.2) is 0 Å². The number of nitrogens with zero attached hydrogens (tertiary/aromatic N) is 2. The molecule has 0 aromatic heterocycles. The van der Waals surface area contributed by atoms with Gasteiger partial charge in [-0.15, -0.1) is 0 Å². The number of amides is 1. The molecule has 2 aliphatic heterocycles. The molecule has 6 heteroatoms. The highest BCUT2D eigenvalue weighted by Crippen LogP contribution is 2.30. The van der Waals surface area contributed by atoms with Crippen LogP contribution in [0.1, 0.15) is 22.3 Å². The third kappa shape index (κ3) is 4.38. The molecule has 0 saturated carbocycles. The second kappa shape index (κ2) is 8.43. The predicted octanol–water partition coefficient (Wildman–Crippen LogP) is 3.06. The van der Waals surface area contributed by atoms with Crippen LogP contribution >= 0.6 is 0 Å². The molecule has 29 heavy (non-hydrogen) atoms. The molecule has 1 amide bonds. The summed E-state index contributed by atoms with van der Waals surface area (Å²) in [5, 5.41) is 10.5. The lowest BCUT2D eigenvalue weighted by Gasteiger charge is -2.32. The van der Waals surface area contributed by atoms with Gasteiger partial charge in [0.1, 0.15) is 25.1 Å². The number of carbonyl (C=O) groups is 1. The number of hydrogen-bond acceptors (Lipinski definition) is 5. The van der Waals surface area contributed by atoms with Crippen LogP contribution in [0.25, 0.3) is 0 Å². The van der Waals surface area contributed by atoms with Gasteiger partial charge in [-0.05, 0) is 54.7 Å². The molecule has 2 heterocycles. The fourth-order valence-corrected chi connectivity index (χ4v) is 4.07. The van der Waals surface area contributed by atoms with Gasteiger partial charge < -0.3 is 14.6 Å². The number of ether oxygens (including phenoxy) is 2. The van der Waals surface area contributed by atoms with Crippen molar-refractivity contribution < 1.29 is 19.4 Å². The molecule has 0 bridgehead atoms. The highest BCUT2D eigenvalue weighted by Gasteiger charge is 2.28. The molecule has 1 atom stereocenters. The fourth-order valence-electron chi connectivity index (χ4n) is 4.07. The maximum Gasteiger partial charge on any atom is 0.414 e. The van der Waals surface area contributed by atoms with Crippen molar-refractivity contribution in [2.75, 3.05) is 37.7 Å². The van der Waals surface area contributed by atoms with E-state index in [1.54, 1.807) is 4.90 Å². The van der Waals surface area contributed by atoms with Gasteiger partial charge in [-0.1, -0.05) is 24.3 Å². The zero-order valence-corrected chi connectivity index (χ0v) is 17.1. The van der Waals surface area contributed by atoms with Gasteiger partial charge in [0.25, 0.3) is 0 Å². The van der Waals surface area contributed by atoms with Crippen LogP contribution in [0, 0.1) is 13.8 Å². The molecular weight excluding hydrogens is 368 g/mol. The number of aryl methyl sites for hydroxylation is 2. The smallest absolute Gasteiger partial charge is 0.414 e. The summed E-state index contributed by atoms with van der Waals surface area (Å²) in [4.78, 5) is 15.9. The van der Waals surface area contributed by atoms with E-state index in [-0.39, 0.29) is 12.7 Å². The van der Waals surface area contributed by atoms with Gasteiger partial charge in [0.05, 0.1) is 12.2 Å². The molecule has 1 unspecified atom stereocenters. The first kappa shape index (κ1) is 19.7. The molecule has 0 radical (unpaired) electrons. The number of benzene rings is 2. The number of cyclic esters (lactones) is 1. The van der Waals surface area contributed by atoms with Crippen molar-refractivity contribution in [1.29, 1.82) is 0 Å². The molecule has 1 fully saturated rings. The second-order valence-corrected chi connectivity index (χ2v) is 7.90. The van der Waals surface area contributed by atoms with E-state index in [9.17, 15) is 9.90 Å². The number of aliphatic hydroxyl groups excluding tert-OH is 1. The Balaban J connectivity index is 1.36. The molecule has 1 N–H and O–H groups in total. The topological polar surface area (TPSA) is 62.2 Å². The summed E-state index contributed by atoms with van der Waals surface area (Å²) in [5.41, 5.74) is 5.59. The number of hydrogen-bond donors (Lipinski definition) is 1. The van der Waals surface area contributed by atoms with Gasteiger partial charge in [-0.3, -0.25) is 9.80 Å². The second-order valence-electron chi connectivity index (χ2n) is 7.90. The lowest BCUT2D eigenvalue weighted by molar-refractivity contribution is 0.0636. The molecule has 1 saturated heterocycles. The fraction of sp³-hybridized carbons (Fsp3) is 0.435. The van der Waals surface area contributed by atoms with Crippen molar-refractivity contribution in [3.05, 3.63) is 58.7 Å². The summed E-state index contributed by atoms with van der Waals surface area (Å²) < 4.78 is 10.9. The van der Waals surface area contributed by atoms with Gasteiger partial charge in [-0.2, -0.15) is 0 Å². The first-order valence-electron chi connectivity index (χ1n) is 10.2. The minimum absolute atomic E-state index is 0.264. The zero-order valence-electron chi connectivity index (χ0n) is 17.1. The molecular formula is C23H28N2O4. The highest BCUT2D eigenvalue weighted by molar-refractivity contribution is 5.90. The Labute approximate surface area is 171 Å². The molecule has 154 valence electrons. The molecule has 2 aromatic rings. The van der Waals surface area contributed by atoms with Gasteiger partial charge in [-0.25, -0.2) is 4.79 Å². The Morgan fingerprint density at radius 2 is 2.07 bits per heavy atom. The number of β-amino-alcohol motifs (C(OH)–C–C–N with tert-alkyl or cyclic N) is 1. The van der Waals surface area contributed by atoms with Gasteiger partial charge >= 0.3 is 6.09 Å². The number of rotatable bonds is 6. The van der Waals surface area contributed by atoms with Crippen molar-refractivity contribution in [2.24, 2.45) is 0 Å². The maximum atomic E-state index is 12.0. The van der Waals surface area contributed by atoms with Crippen LogP contribution in [-0.2, 0) is 17.7 Å². The molecule has 2 aromatic carbocycles. The Hall–Kier alpha value is -2.57. The minimum Gasteiger partial charge on any atom is -0.491 e. The standard InChI is InChI=1S/C23H28N2O4/c1-16-6-7-17(2)22(12-16)29-15-19(26)14-24-9-8-20-18(13-24)4-3-5-21(20)25-10-11-28-23(25)27/h3-7,12,19,26H,8-11,13-15H2,1-2H3. The largest absolute Gasteiger partial charge is 0.491 e. The lowest BCUT2D eigenvalue weighted by atomic mass is 9.97. The monoisotopic (exact) mass is 396 g/mol. The number of carbonyl (C=O) groups excluding carboxylic acids is 1. The third-order valence-electron chi connectivity index (χ3n) is 5.62. The van der Waals surface area contributed by atoms with Crippen LogP contribution in [-0.4, -0.2) is 55.1 Å². The van der Waals surface area contributed by atoms with E-state index in [0.29, 0.717) is 19.7 Å². The van der Waals surface area contributed by atoms with Crippen molar-refractivity contribution in [2.45, 2.75) is 32.9 Å². The Morgan fingerprint density at radius 3 is 2.86 bits per heavy atom. The molecule has 6 nitrogen and oxygen atoms in total. The van der Waals surface area contributed by atoms with Crippen molar-refractivity contribution in [3.63, 3.8) is 0 Å². The molecule has 0 aliphatic carbocycles. The van der Waals surface area contributed by atoms with E-state index in [1.165, 1.54) is 11.1 Å². The van der Waals surface area contributed by atoms with E-state index >= 15 is 0 Å². The van der Waals surface area contributed by atoms with Crippen LogP contribution in [0.4, 0.5) is 10.5 Å². The summed E-state index contributed by atoms with van der Waals surface area (Å²) in [6, 6.07) is 12.2. The predicted molar refractivity (Wildman–Crippen MR) is 112 cm³/mol. The van der Waals surface area contributed by atoms with Crippen LogP contribution < -0.4 is 9.64 Å². The average Bonchev–Trinajstić information content (AvgIpc) is 3.13. The van der Waals surface area contributed by atoms with Crippen LogP contribution in [0.5, 0.6) is 5.75 Å². The first-order chi connectivity index (χ1) is 14.0. The van der Waals surface area contributed by atoms with E-state index in [4.69, 9.17) is 9.47 Å². The zero-order chi connectivity index (χ0) is 20.4. The van der Waals surface area contributed by atoms with Crippen LogP contribution in [0.2, 0.25) is 0 Å². The van der Waals surface area contributed by atoms with E-state index in [2.05, 4.69) is 17.0 Å². The highest BCUT2D eigenvalue weighted by atomic mass is 16.6. The van der Waals surface area contributed by atoms with E-state index in [1.807, 2.05) is 38.1 Å². The number of aliphatic hydroxyl groups is 1. The number of fused-ring (bicyclic) bond motifs is 1. The summed E-state index contributed by atoms with van der Waals surface area (Å²) in [7, 11) is 0. The van der Waals surface area contributed by atoms with E-state index in [0.717, 1.165) is 42.1 Å².